The number of esters is 5. The van der Waals surface area contributed by atoms with Crippen LogP contribution in [0.15, 0.2) is 0 Å². The van der Waals surface area contributed by atoms with Gasteiger partial charge in [0.1, 0.15) is 36.6 Å². The van der Waals surface area contributed by atoms with Crippen molar-refractivity contribution in [3.8, 4) is 0 Å². The average molecular weight is 786 g/mol. The van der Waals surface area contributed by atoms with E-state index in [9.17, 15) is 44.4 Å². The second-order valence-corrected chi connectivity index (χ2v) is 18.4. The number of aliphatic hydroxyl groups is 4. The topological polar surface area (TPSA) is 251 Å². The van der Waals surface area contributed by atoms with Gasteiger partial charge in [0.05, 0.1) is 28.5 Å². The summed E-state index contributed by atoms with van der Waals surface area (Å²) < 4.78 is 36.2. The van der Waals surface area contributed by atoms with Gasteiger partial charge in [-0.3, -0.25) is 19.2 Å². The molecule has 17 heteroatoms. The third-order valence-electron chi connectivity index (χ3n) is 15.6. The zero-order valence-electron chi connectivity index (χ0n) is 31.8. The summed E-state index contributed by atoms with van der Waals surface area (Å²) in [4.78, 5) is 65.3. The third-order valence-corrected chi connectivity index (χ3v) is 16.0. The van der Waals surface area contributed by atoms with Gasteiger partial charge in [-0.25, -0.2) is 4.79 Å². The molecule has 0 aromatic rings. The lowest BCUT2D eigenvalue weighted by Gasteiger charge is -2.74. The molecule has 7 aliphatic rings. The number of hydrogen-bond acceptors (Lipinski definition) is 16. The Morgan fingerprint density at radius 3 is 1.96 bits per heavy atom. The second-order valence-electron chi connectivity index (χ2n) is 17.8. The Labute approximate surface area is 317 Å². The second kappa shape index (κ2) is 12.0. The number of halogens is 1. The van der Waals surface area contributed by atoms with Crippen molar-refractivity contribution in [3.05, 3.63) is 0 Å². The molecule has 21 atom stereocenters. The quantitative estimate of drug-likeness (QED) is 0.110. The molecule has 2 saturated heterocycles. The van der Waals surface area contributed by atoms with Gasteiger partial charge in [0.25, 0.3) is 0 Å². The van der Waals surface area contributed by atoms with E-state index >= 15 is 0 Å². The van der Waals surface area contributed by atoms with E-state index in [-0.39, 0.29) is 12.8 Å². The highest BCUT2D eigenvalue weighted by atomic mass is 35.5. The van der Waals surface area contributed by atoms with E-state index < -0.39 is 153 Å². The molecule has 0 amide bonds. The Balaban J connectivity index is 1.52. The molecule has 1 spiro atoms. The van der Waals surface area contributed by atoms with E-state index in [1.54, 1.807) is 13.8 Å². The number of aliphatic hydroxyl groups excluding tert-OH is 2. The Morgan fingerprint density at radius 1 is 0.852 bits per heavy atom. The van der Waals surface area contributed by atoms with Gasteiger partial charge in [-0.15, -0.1) is 11.6 Å². The van der Waals surface area contributed by atoms with Crippen molar-refractivity contribution in [2.75, 3.05) is 0 Å². The van der Waals surface area contributed by atoms with Crippen LogP contribution in [0.25, 0.3) is 0 Å². The lowest BCUT2D eigenvalue weighted by atomic mass is 9.33. The zero-order chi connectivity index (χ0) is 40.2. The fourth-order valence-electron chi connectivity index (χ4n) is 13.4. The number of epoxide rings is 1. The third kappa shape index (κ3) is 4.55. The Morgan fingerprint density at radius 2 is 1.41 bits per heavy atom. The Bertz CT molecular complexity index is 1680. The highest BCUT2D eigenvalue weighted by molar-refractivity contribution is 6.21. The van der Waals surface area contributed by atoms with Gasteiger partial charge in [-0.1, -0.05) is 20.8 Å². The number of carbonyl (C=O) groups is 5. The first kappa shape index (κ1) is 39.6. The molecular formula is C37H52ClNO15. The van der Waals surface area contributed by atoms with Crippen LogP contribution in [-0.4, -0.2) is 121 Å². The van der Waals surface area contributed by atoms with E-state index in [4.69, 9.17) is 45.8 Å². The SMILES string of the molecule is CC(=O)O[C@H]1[C@H](Cl)C[C@]2(O)[C@H](N)[C@H](O)C3C([C@H](OC(C)=O)[C@H](OC(C)=O)[C@]4(C)[C@@H]5C(C[C@H](OC(C)=O)[C@@H]34)[C@]3(C)[C@]4(OC(=O)[C@@]3(C)O)O[C@@H]4[C@H]5C)[C@@]2(C)[C@H]1O. The van der Waals surface area contributed by atoms with Gasteiger partial charge in [0.2, 0.25) is 5.79 Å². The minimum atomic E-state index is -2.19. The molecule has 2 aliphatic heterocycles. The van der Waals surface area contributed by atoms with Gasteiger partial charge >= 0.3 is 29.8 Å². The molecule has 2 heterocycles. The summed E-state index contributed by atoms with van der Waals surface area (Å²) in [5, 5.41) is 48.4. The summed E-state index contributed by atoms with van der Waals surface area (Å²) in [6.45, 7) is 12.8. The number of alkyl halides is 1. The first-order chi connectivity index (χ1) is 24.8. The number of fused-ring (bicyclic) bond motifs is 8. The summed E-state index contributed by atoms with van der Waals surface area (Å²) in [5.41, 5.74) is -2.21. The molecular weight excluding hydrogens is 734 g/mol. The Kier molecular flexibility index (Phi) is 8.78. The zero-order valence-corrected chi connectivity index (χ0v) is 32.6. The molecule has 7 fully saturated rings. The van der Waals surface area contributed by atoms with Crippen molar-refractivity contribution in [1.82, 2.24) is 0 Å². The van der Waals surface area contributed by atoms with Crippen LogP contribution in [0.1, 0.15) is 75.2 Å². The van der Waals surface area contributed by atoms with Gasteiger partial charge in [-0.2, -0.15) is 0 Å². The number of ether oxygens (including phenoxy) is 6. The maximum Gasteiger partial charge on any atom is 0.341 e. The number of carbonyl (C=O) groups excluding carboxylic acids is 5. The molecule has 0 aromatic carbocycles. The van der Waals surface area contributed by atoms with E-state index in [0.717, 1.165) is 13.8 Å². The number of hydrogen-bond donors (Lipinski definition) is 5. The lowest BCUT2D eigenvalue weighted by Crippen LogP contribution is -2.85. The number of nitrogens with two attached hydrogens (primary N) is 1. The molecule has 6 N–H and O–H groups in total. The maximum absolute atomic E-state index is 13.4. The van der Waals surface area contributed by atoms with Crippen LogP contribution in [0, 0.1) is 51.8 Å². The van der Waals surface area contributed by atoms with E-state index in [0.29, 0.717) is 0 Å². The van der Waals surface area contributed by atoms with Gasteiger partial charge in [0, 0.05) is 56.3 Å². The summed E-state index contributed by atoms with van der Waals surface area (Å²) in [6.07, 6.45) is -9.95. The van der Waals surface area contributed by atoms with Crippen molar-refractivity contribution in [3.63, 3.8) is 0 Å². The molecule has 5 saturated carbocycles. The fraction of sp³-hybridized carbons (Fsp3) is 0.865. The molecule has 16 nitrogen and oxygen atoms in total. The summed E-state index contributed by atoms with van der Waals surface area (Å²) in [5.74, 6) is -10.8. The van der Waals surface area contributed by atoms with Crippen LogP contribution in [-0.2, 0) is 52.4 Å². The molecule has 3 unspecified atom stereocenters. The summed E-state index contributed by atoms with van der Waals surface area (Å²) in [6, 6.07) is -1.51. The smallest absolute Gasteiger partial charge is 0.341 e. The van der Waals surface area contributed by atoms with Crippen LogP contribution in [0.4, 0.5) is 0 Å². The van der Waals surface area contributed by atoms with Crippen LogP contribution in [0.3, 0.4) is 0 Å². The predicted molar refractivity (Wildman–Crippen MR) is 181 cm³/mol. The van der Waals surface area contributed by atoms with Crippen LogP contribution in [0.2, 0.25) is 0 Å². The fourth-order valence-corrected chi connectivity index (χ4v) is 13.9. The molecule has 0 bridgehead atoms. The first-order valence-electron chi connectivity index (χ1n) is 18.6. The van der Waals surface area contributed by atoms with Crippen molar-refractivity contribution in [2.24, 2.45) is 57.5 Å². The Hall–Kier alpha value is -2.60. The summed E-state index contributed by atoms with van der Waals surface area (Å²) in [7, 11) is 0. The number of rotatable bonds is 4. The van der Waals surface area contributed by atoms with E-state index in [2.05, 4.69) is 0 Å². The molecule has 302 valence electrons. The van der Waals surface area contributed by atoms with Crippen LogP contribution >= 0.6 is 11.6 Å². The van der Waals surface area contributed by atoms with Gasteiger partial charge in [-0.05, 0) is 44.4 Å². The highest BCUT2D eigenvalue weighted by Crippen LogP contribution is 2.79. The van der Waals surface area contributed by atoms with Crippen LogP contribution < -0.4 is 5.73 Å². The molecule has 7 rings (SSSR count). The van der Waals surface area contributed by atoms with Crippen molar-refractivity contribution < 1.29 is 72.8 Å². The largest absolute Gasteiger partial charge is 0.462 e. The molecule has 54 heavy (non-hydrogen) atoms. The summed E-state index contributed by atoms with van der Waals surface area (Å²) >= 11 is 6.70. The van der Waals surface area contributed by atoms with Gasteiger partial charge in [0.15, 0.2) is 5.60 Å². The molecule has 5 aliphatic carbocycles. The van der Waals surface area contributed by atoms with Gasteiger partial charge < -0.3 is 54.6 Å². The molecule has 0 aromatic heterocycles. The first-order valence-corrected chi connectivity index (χ1v) is 19.0. The lowest BCUT2D eigenvalue weighted by molar-refractivity contribution is -0.352. The van der Waals surface area contributed by atoms with Crippen molar-refractivity contribution >= 4 is 41.4 Å². The van der Waals surface area contributed by atoms with Crippen LogP contribution in [0.5, 0.6) is 0 Å². The highest BCUT2D eigenvalue weighted by Gasteiger charge is 2.91. The molecule has 0 radical (unpaired) electrons. The minimum absolute atomic E-state index is 0.00945. The average Bonchev–Trinajstić information content (AvgIpc) is 3.76. The van der Waals surface area contributed by atoms with Crippen molar-refractivity contribution in [2.45, 2.75) is 146 Å². The van der Waals surface area contributed by atoms with Crippen molar-refractivity contribution in [1.29, 1.82) is 0 Å². The monoisotopic (exact) mass is 785 g/mol. The predicted octanol–water partition coefficient (Wildman–Crippen LogP) is 0.0879. The minimum Gasteiger partial charge on any atom is -0.462 e. The normalized spacial score (nSPS) is 56.6. The van der Waals surface area contributed by atoms with E-state index in [1.807, 2.05) is 6.92 Å². The maximum atomic E-state index is 13.4. The standard InChI is InChI=1S/C37H52ClNO15/c1-12-21-17(34(8)35(9,47)31(46)54-37(34)29(12)53-37)10-19(49-13(2)40)22-20-23(26(51-15(4)42)30(32(21,22)6)52-16(5)43)33(7)28(45)25(50-14(3)41)18(38)11-36(33,48)27(39)24(20)44/h12,17-30,44-45,47-48H,10-11,39H2,1-9H3/t12-,17?,18+,19-,20?,21-,22-,23?,24+,25-,26-,27+,28-,29+,30-,32+,33-,34-,35+,36-,37-/m0/s1. The van der Waals surface area contributed by atoms with E-state index in [1.165, 1.54) is 27.7 Å².